The van der Waals surface area contributed by atoms with E-state index in [0.29, 0.717) is 45.4 Å². The van der Waals surface area contributed by atoms with Crippen LogP contribution in [0.1, 0.15) is 49.4 Å². The van der Waals surface area contributed by atoms with Gasteiger partial charge < -0.3 is 37.9 Å². The summed E-state index contributed by atoms with van der Waals surface area (Å²) < 4.78 is 44.2. The molecule has 0 saturated carbocycles. The molecular weight excluding hydrogens is 594 g/mol. The lowest BCUT2D eigenvalue weighted by Gasteiger charge is -2.38. The number of ether oxygens (including phenoxy) is 8. The number of nitrogens with zero attached hydrogens (tertiary/aromatic N) is 1. The number of hydrogen-bond donors (Lipinski definition) is 0. The van der Waals surface area contributed by atoms with Gasteiger partial charge in [0.2, 0.25) is 12.5 Å². The van der Waals surface area contributed by atoms with Crippen LogP contribution < -0.4 is 23.7 Å². The Kier molecular flexibility index (Phi) is 7.56. The van der Waals surface area contributed by atoms with Gasteiger partial charge in [0.05, 0.1) is 51.5 Å². The van der Waals surface area contributed by atoms with Crippen molar-refractivity contribution in [1.82, 2.24) is 0 Å². The van der Waals surface area contributed by atoms with Gasteiger partial charge in [-0.2, -0.15) is 0 Å². The maximum atomic E-state index is 13.8. The van der Waals surface area contributed by atoms with Crippen molar-refractivity contribution in [2.75, 3.05) is 41.8 Å². The minimum Gasteiger partial charge on any atom is -0.493 e. The summed E-state index contributed by atoms with van der Waals surface area (Å²) in [5.41, 5.74) is 0.0746. The quantitative estimate of drug-likeness (QED) is 0.153. The van der Waals surface area contributed by atoms with Gasteiger partial charge in [0, 0.05) is 23.5 Å². The molecule has 0 radical (unpaired) electrons. The summed E-state index contributed by atoms with van der Waals surface area (Å²) in [7, 11) is 5.51. The van der Waals surface area contributed by atoms with E-state index in [4.69, 9.17) is 37.9 Å². The number of nitro groups is 1. The summed E-state index contributed by atoms with van der Waals surface area (Å²) in [5.74, 6) is -3.05. The first kappa shape index (κ1) is 29.5. The molecule has 0 spiro atoms. The van der Waals surface area contributed by atoms with Gasteiger partial charge in [0.25, 0.3) is 5.69 Å². The van der Waals surface area contributed by atoms with Gasteiger partial charge in [-0.05, 0) is 41.5 Å². The molecule has 1 aliphatic carbocycles. The molecule has 234 valence electrons. The average Bonchev–Trinajstić information content (AvgIpc) is 3.68. The van der Waals surface area contributed by atoms with E-state index in [1.807, 2.05) is 0 Å². The second-order valence-electron chi connectivity index (χ2n) is 10.4. The molecule has 14 nitrogen and oxygen atoms in total. The molecule has 0 amide bonds. The highest BCUT2D eigenvalue weighted by Gasteiger charge is 2.54. The molecule has 1 fully saturated rings. The lowest BCUT2D eigenvalue weighted by atomic mass is 9.66. The molecule has 6 rings (SSSR count). The molecule has 1 saturated heterocycles. The normalized spacial score (nSPS) is 20.8. The highest BCUT2D eigenvalue weighted by atomic mass is 16.7. The van der Waals surface area contributed by atoms with E-state index >= 15 is 0 Å². The third kappa shape index (κ3) is 4.78. The number of methoxy groups -OCH3 is 4. The first-order valence-corrected chi connectivity index (χ1v) is 13.7. The first-order chi connectivity index (χ1) is 21.7. The highest BCUT2D eigenvalue weighted by Crippen LogP contribution is 2.56. The number of rotatable bonds is 8. The summed E-state index contributed by atoms with van der Waals surface area (Å²) in [4.78, 5) is 50.9. The zero-order valence-corrected chi connectivity index (χ0v) is 24.5. The van der Waals surface area contributed by atoms with Crippen LogP contribution in [0.25, 0.3) is 0 Å². The Balaban J connectivity index is 1.53. The summed E-state index contributed by atoms with van der Waals surface area (Å²) in [6, 6.07) is 10.4. The zero-order chi connectivity index (χ0) is 32.0. The number of benzene rings is 3. The summed E-state index contributed by atoms with van der Waals surface area (Å²) in [6.07, 6.45) is -1.14. The predicted octanol–water partition coefficient (Wildman–Crippen LogP) is 3.97. The van der Waals surface area contributed by atoms with Crippen molar-refractivity contribution in [3.8, 4) is 28.7 Å². The van der Waals surface area contributed by atoms with E-state index in [0.717, 1.165) is 13.2 Å². The predicted molar refractivity (Wildman–Crippen MR) is 151 cm³/mol. The molecule has 0 unspecified atom stereocenters. The van der Waals surface area contributed by atoms with Crippen molar-refractivity contribution in [1.29, 1.82) is 0 Å². The van der Waals surface area contributed by atoms with Crippen LogP contribution in [0.15, 0.2) is 42.5 Å². The van der Waals surface area contributed by atoms with E-state index in [9.17, 15) is 24.5 Å². The van der Waals surface area contributed by atoms with Gasteiger partial charge >= 0.3 is 17.9 Å². The van der Waals surface area contributed by atoms with E-state index in [2.05, 4.69) is 0 Å². The second-order valence-corrected chi connectivity index (χ2v) is 10.4. The number of carbonyl (C=O) groups excluding carboxylic acids is 3. The summed E-state index contributed by atoms with van der Waals surface area (Å²) in [5, 5.41) is 11.9. The van der Waals surface area contributed by atoms with Gasteiger partial charge in [-0.15, -0.1) is 0 Å². The molecule has 3 aromatic carbocycles. The Labute approximate surface area is 255 Å². The van der Waals surface area contributed by atoms with Crippen LogP contribution in [0.4, 0.5) is 5.69 Å². The lowest BCUT2D eigenvalue weighted by molar-refractivity contribution is -0.385. The minimum absolute atomic E-state index is 0.0505. The number of esters is 3. The molecule has 0 N–H and O–H groups in total. The number of carbonyl (C=O) groups is 3. The molecule has 14 heteroatoms. The molecule has 0 aromatic heterocycles. The summed E-state index contributed by atoms with van der Waals surface area (Å²) >= 11 is 0. The van der Waals surface area contributed by atoms with Crippen molar-refractivity contribution in [3.63, 3.8) is 0 Å². The van der Waals surface area contributed by atoms with Crippen molar-refractivity contribution in [2.45, 2.75) is 12.0 Å². The Morgan fingerprint density at radius 3 is 2.16 bits per heavy atom. The fraction of sp³-hybridized carbons (Fsp3) is 0.323. The third-order valence-corrected chi connectivity index (χ3v) is 8.25. The monoisotopic (exact) mass is 621 g/mol. The fourth-order valence-corrected chi connectivity index (χ4v) is 6.31. The molecule has 3 aromatic rings. The first-order valence-electron chi connectivity index (χ1n) is 13.7. The Morgan fingerprint density at radius 2 is 1.56 bits per heavy atom. The van der Waals surface area contributed by atoms with E-state index in [-0.39, 0.29) is 19.0 Å². The Bertz CT molecular complexity index is 1710. The smallest absolute Gasteiger partial charge is 0.346 e. The maximum Gasteiger partial charge on any atom is 0.346 e. The molecule has 4 atom stereocenters. The van der Waals surface area contributed by atoms with Gasteiger partial charge in [0.1, 0.15) is 6.10 Å². The fourth-order valence-electron chi connectivity index (χ4n) is 6.31. The highest BCUT2D eigenvalue weighted by molar-refractivity contribution is 6.06. The number of fused-ring (bicyclic) bond motifs is 3. The standard InChI is InChI=1S/C31H27NO13/c1-38-22-8-14(9-23(39-2)28(22)40-3)24-16-10-20-21(44-13-43-20)11-17(16)27(18-12-42-30(34)26(18)24)45-31(35)25-15(29(33)41-4)6-5-7-19(25)32(36)37/h5-11,18,24,26-27H,12-13H2,1-4H3/t18-,24+,26+,27-/m0/s1. The molecule has 3 aliphatic rings. The third-order valence-electron chi connectivity index (χ3n) is 8.25. The largest absolute Gasteiger partial charge is 0.493 e. The molecule has 2 heterocycles. The van der Waals surface area contributed by atoms with Crippen molar-refractivity contribution in [2.24, 2.45) is 11.8 Å². The number of hydrogen-bond acceptors (Lipinski definition) is 13. The number of nitro benzene ring substituents is 1. The van der Waals surface area contributed by atoms with Gasteiger partial charge in [0.15, 0.2) is 28.6 Å². The van der Waals surface area contributed by atoms with Crippen LogP contribution in [-0.2, 0) is 19.0 Å². The Morgan fingerprint density at radius 1 is 0.889 bits per heavy atom. The van der Waals surface area contributed by atoms with Crippen molar-refractivity contribution >= 4 is 23.6 Å². The van der Waals surface area contributed by atoms with E-state index < -0.39 is 57.9 Å². The van der Waals surface area contributed by atoms with E-state index in [1.165, 1.54) is 33.5 Å². The van der Waals surface area contributed by atoms with Crippen LogP contribution in [-0.4, -0.2) is 64.7 Å². The molecule has 0 bridgehead atoms. The molecule has 2 aliphatic heterocycles. The van der Waals surface area contributed by atoms with Gasteiger partial charge in [-0.3, -0.25) is 14.9 Å². The zero-order valence-electron chi connectivity index (χ0n) is 24.5. The topological polar surface area (TPSA) is 168 Å². The van der Waals surface area contributed by atoms with Crippen molar-refractivity contribution < 1.29 is 57.2 Å². The van der Waals surface area contributed by atoms with E-state index in [1.54, 1.807) is 24.3 Å². The molecule has 45 heavy (non-hydrogen) atoms. The van der Waals surface area contributed by atoms with Crippen LogP contribution >= 0.6 is 0 Å². The van der Waals surface area contributed by atoms with Gasteiger partial charge in [-0.1, -0.05) is 6.07 Å². The van der Waals surface area contributed by atoms with Crippen LogP contribution in [0.3, 0.4) is 0 Å². The molecular formula is C31H27NO13. The average molecular weight is 622 g/mol. The van der Waals surface area contributed by atoms with Crippen LogP contribution in [0, 0.1) is 22.0 Å². The van der Waals surface area contributed by atoms with Gasteiger partial charge in [-0.25, -0.2) is 9.59 Å². The SMILES string of the molecule is COC(=O)c1cccc([N+](=O)[O-])c1C(=O)O[C@H]1c2cc3c(cc2[C@@H](c2cc(OC)c(OC)c(OC)c2)[C@@H]2C(=O)OC[C@@H]21)OCO3. The Hall–Kier alpha value is -5.53. The van der Waals surface area contributed by atoms with Crippen molar-refractivity contribution in [3.05, 3.63) is 80.4 Å². The number of cyclic esters (lactones) is 1. The van der Waals surface area contributed by atoms with Crippen LogP contribution in [0.2, 0.25) is 0 Å². The lowest BCUT2D eigenvalue weighted by Crippen LogP contribution is -2.37. The van der Waals surface area contributed by atoms with Crippen LogP contribution in [0.5, 0.6) is 28.7 Å². The second kappa shape index (κ2) is 11.5. The summed E-state index contributed by atoms with van der Waals surface area (Å²) in [6.45, 7) is -0.165. The minimum atomic E-state index is -1.15. The maximum absolute atomic E-state index is 13.8.